The summed E-state index contributed by atoms with van der Waals surface area (Å²) in [7, 11) is 1.61. The van der Waals surface area contributed by atoms with E-state index in [2.05, 4.69) is 0 Å². The van der Waals surface area contributed by atoms with E-state index < -0.39 is 9.05 Å². The average molecular weight is 271 g/mol. The number of fused-ring (bicyclic) bond motifs is 1. The van der Waals surface area contributed by atoms with Crippen molar-refractivity contribution in [3.63, 3.8) is 0 Å². The first-order valence-electron chi connectivity index (χ1n) is 5.09. The summed E-state index contributed by atoms with van der Waals surface area (Å²) in [6.07, 6.45) is 0. The van der Waals surface area contributed by atoms with Crippen LogP contribution in [0.5, 0.6) is 5.75 Å². The Bertz CT molecular complexity index is 617. The van der Waals surface area contributed by atoms with E-state index >= 15 is 0 Å². The third-order valence-corrected chi connectivity index (χ3v) is 3.45. The maximum atomic E-state index is 10.8. The van der Waals surface area contributed by atoms with E-state index in [1.807, 2.05) is 42.5 Å². The minimum Gasteiger partial charge on any atom is -0.492 e. The van der Waals surface area contributed by atoms with E-state index in [1.165, 1.54) is 0 Å². The molecule has 0 aliphatic heterocycles. The Balaban J connectivity index is 2.19. The molecule has 0 aromatic heterocycles. The van der Waals surface area contributed by atoms with Crippen LogP contribution in [0.1, 0.15) is 0 Å². The Morgan fingerprint density at radius 1 is 1.06 bits per heavy atom. The van der Waals surface area contributed by atoms with Crippen LogP contribution in [-0.4, -0.2) is 20.8 Å². The highest BCUT2D eigenvalue weighted by Crippen LogP contribution is 2.25. The fourth-order valence-corrected chi connectivity index (χ4v) is 2.04. The van der Waals surface area contributed by atoms with Crippen molar-refractivity contribution in [3.05, 3.63) is 42.5 Å². The first-order chi connectivity index (χ1) is 8.06. The highest BCUT2D eigenvalue weighted by atomic mass is 35.7. The van der Waals surface area contributed by atoms with Gasteiger partial charge in [-0.1, -0.05) is 36.4 Å². The van der Waals surface area contributed by atoms with Crippen molar-refractivity contribution in [1.29, 1.82) is 0 Å². The molecule has 0 aliphatic carbocycles. The van der Waals surface area contributed by atoms with Crippen LogP contribution < -0.4 is 4.74 Å². The van der Waals surface area contributed by atoms with Crippen LogP contribution in [-0.2, 0) is 9.05 Å². The third-order valence-electron chi connectivity index (χ3n) is 2.33. The molecular formula is C12H11ClO3S. The standard InChI is InChI=1S/C12H11ClO3S/c13-17(14,15)9-8-16-12-7-3-5-10-4-1-2-6-11(10)12/h1-7H,8-9H2. The summed E-state index contributed by atoms with van der Waals surface area (Å²) in [6.45, 7) is 0.0554. The maximum absolute atomic E-state index is 10.8. The molecule has 2 aromatic carbocycles. The van der Waals surface area contributed by atoms with E-state index in [0.717, 1.165) is 10.8 Å². The van der Waals surface area contributed by atoms with Gasteiger partial charge in [-0.15, -0.1) is 0 Å². The second kappa shape index (κ2) is 4.94. The van der Waals surface area contributed by atoms with E-state index in [1.54, 1.807) is 0 Å². The fourth-order valence-electron chi connectivity index (χ4n) is 1.57. The second-order valence-electron chi connectivity index (χ2n) is 3.57. The monoisotopic (exact) mass is 270 g/mol. The van der Waals surface area contributed by atoms with Crippen molar-refractivity contribution >= 4 is 30.5 Å². The van der Waals surface area contributed by atoms with Gasteiger partial charge in [-0.3, -0.25) is 0 Å². The van der Waals surface area contributed by atoms with Crippen LogP contribution in [0.25, 0.3) is 10.8 Å². The smallest absolute Gasteiger partial charge is 0.235 e. The molecule has 0 N–H and O–H groups in total. The van der Waals surface area contributed by atoms with Crippen LogP contribution in [0.4, 0.5) is 0 Å². The summed E-state index contributed by atoms with van der Waals surface area (Å²) in [5, 5.41) is 2.01. The molecule has 0 atom stereocenters. The Labute approximate surface area is 104 Å². The third kappa shape index (κ3) is 3.35. The summed E-state index contributed by atoms with van der Waals surface area (Å²) < 4.78 is 27.0. The number of hydrogen-bond acceptors (Lipinski definition) is 3. The molecule has 17 heavy (non-hydrogen) atoms. The lowest BCUT2D eigenvalue weighted by molar-refractivity contribution is 0.345. The molecule has 0 aliphatic rings. The molecule has 0 unspecified atom stereocenters. The zero-order chi connectivity index (χ0) is 12.3. The van der Waals surface area contributed by atoms with Crippen molar-refractivity contribution in [2.24, 2.45) is 0 Å². The summed E-state index contributed by atoms with van der Waals surface area (Å²) in [5.41, 5.74) is 0. The zero-order valence-corrected chi connectivity index (χ0v) is 10.5. The van der Waals surface area contributed by atoms with Gasteiger partial charge in [0.25, 0.3) is 0 Å². The summed E-state index contributed by atoms with van der Waals surface area (Å²) in [5.74, 6) is 0.473. The highest BCUT2D eigenvalue weighted by Gasteiger charge is 2.06. The molecule has 2 rings (SSSR count). The Morgan fingerprint density at radius 2 is 1.76 bits per heavy atom. The van der Waals surface area contributed by atoms with Crippen LogP contribution in [0.3, 0.4) is 0 Å². The van der Waals surface area contributed by atoms with Crippen LogP contribution in [0.2, 0.25) is 0 Å². The van der Waals surface area contributed by atoms with Gasteiger partial charge in [0.05, 0.1) is 5.75 Å². The number of benzene rings is 2. The molecule has 2 aromatic rings. The van der Waals surface area contributed by atoms with Crippen LogP contribution >= 0.6 is 10.7 Å². The summed E-state index contributed by atoms with van der Waals surface area (Å²) in [4.78, 5) is 0. The first-order valence-corrected chi connectivity index (χ1v) is 7.57. The van der Waals surface area contributed by atoms with Gasteiger partial charge >= 0.3 is 0 Å². The molecule has 0 bridgehead atoms. The van der Waals surface area contributed by atoms with Gasteiger partial charge in [-0.2, -0.15) is 0 Å². The molecule has 0 spiro atoms. The molecule has 3 nitrogen and oxygen atoms in total. The van der Waals surface area contributed by atoms with Gasteiger partial charge in [0.2, 0.25) is 9.05 Å². The quantitative estimate of drug-likeness (QED) is 0.803. The van der Waals surface area contributed by atoms with Gasteiger partial charge in [-0.25, -0.2) is 8.42 Å². The molecule has 5 heteroatoms. The van der Waals surface area contributed by atoms with Crippen LogP contribution in [0.15, 0.2) is 42.5 Å². The molecule has 0 saturated carbocycles. The van der Waals surface area contributed by atoms with E-state index in [9.17, 15) is 8.42 Å². The lowest BCUT2D eigenvalue weighted by atomic mass is 10.1. The Hall–Kier alpha value is -1.26. The van der Waals surface area contributed by atoms with E-state index in [-0.39, 0.29) is 12.4 Å². The highest BCUT2D eigenvalue weighted by molar-refractivity contribution is 8.13. The molecule has 0 heterocycles. The van der Waals surface area contributed by atoms with Gasteiger partial charge in [0.15, 0.2) is 0 Å². The lowest BCUT2D eigenvalue weighted by Crippen LogP contribution is -2.08. The Kier molecular flexibility index (Phi) is 3.54. The minimum absolute atomic E-state index is 0.0554. The number of halogens is 1. The topological polar surface area (TPSA) is 43.4 Å². The number of hydrogen-bond donors (Lipinski definition) is 0. The fraction of sp³-hybridized carbons (Fsp3) is 0.167. The number of ether oxygens (including phenoxy) is 1. The molecule has 0 radical (unpaired) electrons. The van der Waals surface area contributed by atoms with E-state index in [4.69, 9.17) is 15.4 Å². The van der Waals surface area contributed by atoms with Crippen molar-refractivity contribution in [2.45, 2.75) is 0 Å². The lowest BCUT2D eigenvalue weighted by Gasteiger charge is -2.08. The van der Waals surface area contributed by atoms with Gasteiger partial charge < -0.3 is 4.74 Å². The predicted molar refractivity (Wildman–Crippen MR) is 69.1 cm³/mol. The first kappa shape index (κ1) is 12.2. The maximum Gasteiger partial charge on any atom is 0.235 e. The molecule has 0 saturated heterocycles. The van der Waals surface area contributed by atoms with Gasteiger partial charge in [0.1, 0.15) is 12.4 Å². The van der Waals surface area contributed by atoms with Crippen molar-refractivity contribution < 1.29 is 13.2 Å². The molecule has 90 valence electrons. The van der Waals surface area contributed by atoms with Crippen LogP contribution in [0, 0.1) is 0 Å². The van der Waals surface area contributed by atoms with Crippen molar-refractivity contribution in [1.82, 2.24) is 0 Å². The van der Waals surface area contributed by atoms with Crippen molar-refractivity contribution in [3.8, 4) is 5.75 Å². The molecule has 0 amide bonds. The number of rotatable bonds is 4. The van der Waals surface area contributed by atoms with Crippen molar-refractivity contribution in [2.75, 3.05) is 12.4 Å². The average Bonchev–Trinajstić information content (AvgIpc) is 2.28. The van der Waals surface area contributed by atoms with Gasteiger partial charge in [0, 0.05) is 16.1 Å². The minimum atomic E-state index is -3.50. The summed E-state index contributed by atoms with van der Waals surface area (Å²) >= 11 is 0. The SMILES string of the molecule is O=S(=O)(Cl)CCOc1cccc2ccccc12. The molecular weight excluding hydrogens is 260 g/mol. The molecule has 0 fully saturated rings. The second-order valence-corrected chi connectivity index (χ2v) is 6.47. The predicted octanol–water partition coefficient (Wildman–Crippen LogP) is 2.79. The zero-order valence-electron chi connectivity index (χ0n) is 8.97. The normalized spacial score (nSPS) is 11.6. The largest absolute Gasteiger partial charge is 0.492 e. The summed E-state index contributed by atoms with van der Waals surface area (Å²) in [6, 6.07) is 13.4. The van der Waals surface area contributed by atoms with E-state index in [0.29, 0.717) is 5.75 Å². The Morgan fingerprint density at radius 3 is 2.53 bits per heavy atom. The van der Waals surface area contributed by atoms with Gasteiger partial charge in [-0.05, 0) is 11.5 Å².